The average Bonchev–Trinajstić information content (AvgIpc) is 2.63. The highest BCUT2D eigenvalue weighted by Crippen LogP contribution is 2.29. The van der Waals surface area contributed by atoms with Crippen LogP contribution < -0.4 is 19.7 Å². The van der Waals surface area contributed by atoms with Gasteiger partial charge in [-0.1, -0.05) is 23.7 Å². The number of nitrogens with one attached hydrogen (secondary N) is 1. The highest BCUT2D eigenvalue weighted by molar-refractivity contribution is 6.32. The topological polar surface area (TPSA) is 67.9 Å². The molecular formula is C20H23ClN2O4. The number of hydrogen-bond acceptors (Lipinski definition) is 4. The van der Waals surface area contributed by atoms with Gasteiger partial charge in [-0.2, -0.15) is 0 Å². The Labute approximate surface area is 164 Å². The maximum Gasteiger partial charge on any atom is 0.226 e. The number of rotatable bonds is 8. The summed E-state index contributed by atoms with van der Waals surface area (Å²) in [4.78, 5) is 25.9. The lowest BCUT2D eigenvalue weighted by Crippen LogP contribution is -2.32. The van der Waals surface area contributed by atoms with Gasteiger partial charge in [0.05, 0.1) is 24.4 Å². The van der Waals surface area contributed by atoms with E-state index >= 15 is 0 Å². The molecule has 0 aromatic heterocycles. The fourth-order valence-corrected chi connectivity index (χ4v) is 2.84. The van der Waals surface area contributed by atoms with Crippen molar-refractivity contribution in [3.05, 3.63) is 47.5 Å². The molecule has 2 aromatic carbocycles. The van der Waals surface area contributed by atoms with Gasteiger partial charge in [0.15, 0.2) is 0 Å². The summed E-state index contributed by atoms with van der Waals surface area (Å²) in [7, 11) is 1.52. The zero-order chi connectivity index (χ0) is 19.8. The van der Waals surface area contributed by atoms with Crippen LogP contribution in [0.5, 0.6) is 11.5 Å². The van der Waals surface area contributed by atoms with Crippen LogP contribution in [0.25, 0.3) is 0 Å². The molecule has 0 spiro atoms. The summed E-state index contributed by atoms with van der Waals surface area (Å²) < 4.78 is 10.7. The monoisotopic (exact) mass is 390 g/mol. The number of nitrogens with zero attached hydrogens (tertiary/aromatic N) is 1. The lowest BCUT2D eigenvalue weighted by molar-refractivity contribution is -0.117. The van der Waals surface area contributed by atoms with Crippen molar-refractivity contribution < 1.29 is 19.1 Å². The first kappa shape index (κ1) is 20.6. The van der Waals surface area contributed by atoms with Gasteiger partial charge in [-0.3, -0.25) is 9.59 Å². The number of ether oxygens (including phenoxy) is 2. The molecule has 0 fully saturated rings. The molecule has 0 saturated heterocycles. The standard InChI is InChI=1S/C20H23ClN2O4/c1-4-27-19-8-6-5-7-17(19)23(14(2)24)12-11-20(25)22-15-9-10-18(26-3)16(21)13-15/h5-10,13H,4,11-12H2,1-3H3,(H,22,25). The van der Waals surface area contributed by atoms with Gasteiger partial charge < -0.3 is 19.7 Å². The zero-order valence-electron chi connectivity index (χ0n) is 15.6. The van der Waals surface area contributed by atoms with Crippen molar-refractivity contribution in [1.82, 2.24) is 0 Å². The van der Waals surface area contributed by atoms with Crippen LogP contribution >= 0.6 is 11.6 Å². The van der Waals surface area contributed by atoms with Crippen molar-refractivity contribution in [2.75, 3.05) is 30.5 Å². The minimum Gasteiger partial charge on any atom is -0.495 e. The summed E-state index contributed by atoms with van der Waals surface area (Å²) in [5.74, 6) is 0.751. The highest BCUT2D eigenvalue weighted by atomic mass is 35.5. The van der Waals surface area contributed by atoms with Crippen LogP contribution in [-0.4, -0.2) is 32.1 Å². The number of benzene rings is 2. The molecule has 2 amide bonds. The second-order valence-corrected chi connectivity index (χ2v) is 6.13. The van der Waals surface area contributed by atoms with Crippen LogP contribution in [-0.2, 0) is 9.59 Å². The molecule has 0 bridgehead atoms. The molecule has 0 atom stereocenters. The molecule has 6 nitrogen and oxygen atoms in total. The number of para-hydroxylation sites is 2. The van der Waals surface area contributed by atoms with Crippen molar-refractivity contribution in [3.8, 4) is 11.5 Å². The van der Waals surface area contributed by atoms with Gasteiger partial charge in [-0.05, 0) is 37.3 Å². The lowest BCUT2D eigenvalue weighted by Gasteiger charge is -2.23. The number of methoxy groups -OCH3 is 1. The second-order valence-electron chi connectivity index (χ2n) is 5.72. The van der Waals surface area contributed by atoms with E-state index in [1.54, 1.807) is 30.3 Å². The SMILES string of the molecule is CCOc1ccccc1N(CCC(=O)Nc1ccc(OC)c(Cl)c1)C(C)=O. The van der Waals surface area contributed by atoms with Crippen LogP contribution in [0.3, 0.4) is 0 Å². The van der Waals surface area contributed by atoms with E-state index in [1.165, 1.54) is 18.9 Å². The van der Waals surface area contributed by atoms with Gasteiger partial charge >= 0.3 is 0 Å². The molecule has 1 N–H and O–H groups in total. The van der Waals surface area contributed by atoms with Gasteiger partial charge in [0.2, 0.25) is 11.8 Å². The number of amides is 2. The molecule has 0 aliphatic rings. The molecule has 2 aromatic rings. The molecule has 144 valence electrons. The summed E-state index contributed by atoms with van der Waals surface area (Å²) >= 11 is 6.07. The Hall–Kier alpha value is -2.73. The first-order chi connectivity index (χ1) is 13.0. The lowest BCUT2D eigenvalue weighted by atomic mass is 10.2. The van der Waals surface area contributed by atoms with E-state index in [4.69, 9.17) is 21.1 Å². The van der Waals surface area contributed by atoms with Crippen molar-refractivity contribution >= 4 is 34.8 Å². The summed E-state index contributed by atoms with van der Waals surface area (Å²) in [5, 5.41) is 3.18. The number of carbonyl (C=O) groups excluding carboxylic acids is 2. The van der Waals surface area contributed by atoms with Crippen molar-refractivity contribution in [3.63, 3.8) is 0 Å². The molecular weight excluding hydrogens is 368 g/mol. The molecule has 27 heavy (non-hydrogen) atoms. The van der Waals surface area contributed by atoms with E-state index in [0.29, 0.717) is 34.5 Å². The molecule has 0 unspecified atom stereocenters. The largest absolute Gasteiger partial charge is 0.495 e. The Morgan fingerprint density at radius 3 is 2.52 bits per heavy atom. The first-order valence-corrected chi connectivity index (χ1v) is 8.97. The van der Waals surface area contributed by atoms with Crippen LogP contribution in [0.1, 0.15) is 20.3 Å². The number of halogens is 1. The van der Waals surface area contributed by atoms with Gasteiger partial charge in [0.1, 0.15) is 11.5 Å². The fraction of sp³-hybridized carbons (Fsp3) is 0.300. The summed E-state index contributed by atoms with van der Waals surface area (Å²) in [5.41, 5.74) is 1.21. The third kappa shape index (κ3) is 5.62. The van der Waals surface area contributed by atoms with E-state index in [9.17, 15) is 9.59 Å². The fourth-order valence-electron chi connectivity index (χ4n) is 2.59. The van der Waals surface area contributed by atoms with E-state index in [0.717, 1.165) is 0 Å². The minimum atomic E-state index is -0.226. The predicted molar refractivity (Wildman–Crippen MR) is 107 cm³/mol. The van der Waals surface area contributed by atoms with Gasteiger partial charge in [-0.25, -0.2) is 0 Å². The molecule has 7 heteroatoms. The van der Waals surface area contributed by atoms with E-state index in [1.807, 2.05) is 19.1 Å². The summed E-state index contributed by atoms with van der Waals surface area (Å²) in [6.45, 7) is 4.06. The Morgan fingerprint density at radius 2 is 1.89 bits per heavy atom. The third-order valence-electron chi connectivity index (χ3n) is 3.83. The van der Waals surface area contributed by atoms with E-state index in [-0.39, 0.29) is 24.8 Å². The smallest absolute Gasteiger partial charge is 0.226 e. The molecule has 0 saturated carbocycles. The van der Waals surface area contributed by atoms with Gasteiger partial charge in [-0.15, -0.1) is 0 Å². The normalized spacial score (nSPS) is 10.2. The maximum atomic E-state index is 12.3. The van der Waals surface area contributed by atoms with Crippen molar-refractivity contribution in [2.45, 2.75) is 20.3 Å². The average molecular weight is 391 g/mol. The van der Waals surface area contributed by atoms with Crippen LogP contribution in [0.15, 0.2) is 42.5 Å². The number of carbonyl (C=O) groups is 2. The number of anilines is 2. The second kappa shape index (κ2) is 9.83. The third-order valence-corrected chi connectivity index (χ3v) is 4.13. The predicted octanol–water partition coefficient (Wildman–Crippen LogP) is 4.13. The quantitative estimate of drug-likeness (QED) is 0.735. The van der Waals surface area contributed by atoms with Crippen LogP contribution in [0.2, 0.25) is 5.02 Å². The van der Waals surface area contributed by atoms with Gasteiger partial charge in [0.25, 0.3) is 0 Å². The minimum absolute atomic E-state index is 0.129. The van der Waals surface area contributed by atoms with Crippen LogP contribution in [0.4, 0.5) is 11.4 Å². The molecule has 0 heterocycles. The zero-order valence-corrected chi connectivity index (χ0v) is 16.4. The molecule has 0 aliphatic heterocycles. The van der Waals surface area contributed by atoms with E-state index in [2.05, 4.69) is 5.32 Å². The van der Waals surface area contributed by atoms with E-state index < -0.39 is 0 Å². The van der Waals surface area contributed by atoms with Crippen molar-refractivity contribution in [2.24, 2.45) is 0 Å². The Bertz CT molecular complexity index is 810. The number of hydrogen-bond donors (Lipinski definition) is 1. The van der Waals surface area contributed by atoms with Gasteiger partial charge in [0, 0.05) is 25.6 Å². The Balaban J connectivity index is 2.05. The Kier molecular flexibility index (Phi) is 7.49. The van der Waals surface area contributed by atoms with Crippen LogP contribution in [0, 0.1) is 0 Å². The summed E-state index contributed by atoms with van der Waals surface area (Å²) in [6, 6.07) is 12.3. The molecule has 2 rings (SSSR count). The highest BCUT2D eigenvalue weighted by Gasteiger charge is 2.17. The molecule has 0 aliphatic carbocycles. The Morgan fingerprint density at radius 1 is 1.15 bits per heavy atom. The maximum absolute atomic E-state index is 12.3. The molecule has 0 radical (unpaired) electrons. The van der Waals surface area contributed by atoms with Crippen molar-refractivity contribution in [1.29, 1.82) is 0 Å². The summed E-state index contributed by atoms with van der Waals surface area (Å²) in [6.07, 6.45) is 0.129. The first-order valence-electron chi connectivity index (χ1n) is 8.59.